The summed E-state index contributed by atoms with van der Waals surface area (Å²) in [5, 5.41) is 18.3. The molecule has 1 amide bonds. The molecular formula is C26H34N6O. The summed E-state index contributed by atoms with van der Waals surface area (Å²) < 4.78 is 2.41. The highest BCUT2D eigenvalue weighted by Gasteiger charge is 2.24. The van der Waals surface area contributed by atoms with Gasteiger partial charge >= 0.3 is 0 Å². The molecule has 0 bridgehead atoms. The molecule has 1 aliphatic carbocycles. The second kappa shape index (κ2) is 10.2. The lowest BCUT2D eigenvalue weighted by molar-refractivity contribution is -0.126. The number of carbonyl (C=O) groups is 1. The van der Waals surface area contributed by atoms with Crippen LogP contribution in [-0.4, -0.2) is 51.8 Å². The molecule has 174 valence electrons. The Bertz CT molecular complexity index is 1060. The second-order valence-corrected chi connectivity index (χ2v) is 9.32. The number of aromatic nitrogens is 3. The minimum absolute atomic E-state index is 0.184. The smallest absolute Gasteiger partial charge is 0.264 e. The van der Waals surface area contributed by atoms with Crippen molar-refractivity contribution in [1.82, 2.24) is 19.7 Å². The summed E-state index contributed by atoms with van der Waals surface area (Å²) in [6.45, 7) is 8.85. The summed E-state index contributed by atoms with van der Waals surface area (Å²) >= 11 is 0. The molecule has 0 aromatic carbocycles. The first-order valence-electron chi connectivity index (χ1n) is 12.1. The molecule has 2 fully saturated rings. The van der Waals surface area contributed by atoms with Gasteiger partial charge in [-0.1, -0.05) is 19.3 Å². The molecular weight excluding hydrogens is 412 g/mol. The van der Waals surface area contributed by atoms with E-state index in [2.05, 4.69) is 45.6 Å². The molecule has 1 saturated carbocycles. The van der Waals surface area contributed by atoms with E-state index in [0.717, 1.165) is 35.7 Å². The molecule has 1 aliphatic heterocycles. The zero-order valence-corrected chi connectivity index (χ0v) is 20.0. The fourth-order valence-corrected chi connectivity index (χ4v) is 5.23. The van der Waals surface area contributed by atoms with Crippen LogP contribution >= 0.6 is 0 Å². The average molecular weight is 447 g/mol. The molecule has 2 aliphatic rings. The Balaban J connectivity index is 1.49. The Kier molecular flexibility index (Phi) is 7.12. The van der Waals surface area contributed by atoms with Gasteiger partial charge in [0.15, 0.2) is 5.82 Å². The summed E-state index contributed by atoms with van der Waals surface area (Å²) in [7, 11) is 0. The highest BCUT2D eigenvalue weighted by atomic mass is 16.2. The highest BCUT2D eigenvalue weighted by Crippen LogP contribution is 2.32. The van der Waals surface area contributed by atoms with Gasteiger partial charge in [0.1, 0.15) is 11.6 Å². The van der Waals surface area contributed by atoms with Crippen LogP contribution in [0.25, 0.3) is 6.08 Å². The van der Waals surface area contributed by atoms with Gasteiger partial charge in [0.2, 0.25) is 0 Å². The Labute approximate surface area is 196 Å². The number of nitriles is 1. The van der Waals surface area contributed by atoms with Gasteiger partial charge in [-0.2, -0.15) is 10.4 Å². The standard InChI is InChI=1S/C26H34N6O/c1-19-10-11-25(29-28-19)30-12-7-13-31(15-14-30)26(33)23(18-27)17-22-16-20(2)32(21(22)3)24-8-5-4-6-9-24/h10-11,16-17,24H,4-9,12-15H2,1-3H3/b23-17-. The van der Waals surface area contributed by atoms with Crippen LogP contribution in [0.3, 0.4) is 0 Å². The van der Waals surface area contributed by atoms with Crippen molar-refractivity contribution in [2.45, 2.75) is 65.3 Å². The van der Waals surface area contributed by atoms with E-state index < -0.39 is 0 Å². The molecule has 0 N–H and O–H groups in total. The largest absolute Gasteiger partial charge is 0.353 e. The molecule has 0 atom stereocenters. The summed E-state index contributed by atoms with van der Waals surface area (Å²) in [5.74, 6) is 0.651. The van der Waals surface area contributed by atoms with Crippen LogP contribution in [0, 0.1) is 32.1 Å². The summed E-state index contributed by atoms with van der Waals surface area (Å²) in [6, 6.07) is 8.76. The third-order valence-electron chi connectivity index (χ3n) is 7.00. The number of amides is 1. The van der Waals surface area contributed by atoms with Crippen molar-refractivity contribution in [3.8, 4) is 6.07 Å². The number of anilines is 1. The Hall–Kier alpha value is -3.14. The molecule has 7 nitrogen and oxygen atoms in total. The predicted molar refractivity (Wildman–Crippen MR) is 130 cm³/mol. The third-order valence-corrected chi connectivity index (χ3v) is 7.00. The van der Waals surface area contributed by atoms with Crippen LogP contribution in [0.15, 0.2) is 23.8 Å². The lowest BCUT2D eigenvalue weighted by Gasteiger charge is -2.26. The number of hydrogen-bond donors (Lipinski definition) is 0. The van der Waals surface area contributed by atoms with Crippen molar-refractivity contribution in [2.75, 3.05) is 31.1 Å². The van der Waals surface area contributed by atoms with Crippen molar-refractivity contribution in [3.63, 3.8) is 0 Å². The van der Waals surface area contributed by atoms with E-state index in [4.69, 9.17) is 0 Å². The van der Waals surface area contributed by atoms with Gasteiger partial charge in [-0.3, -0.25) is 4.79 Å². The zero-order valence-electron chi connectivity index (χ0n) is 20.0. The van der Waals surface area contributed by atoms with Gasteiger partial charge in [0.25, 0.3) is 5.91 Å². The minimum atomic E-state index is -0.184. The number of aryl methyl sites for hydroxylation is 2. The van der Waals surface area contributed by atoms with Crippen LogP contribution in [0.4, 0.5) is 5.82 Å². The van der Waals surface area contributed by atoms with Gasteiger partial charge in [-0.25, -0.2) is 0 Å². The fourth-order valence-electron chi connectivity index (χ4n) is 5.23. The Morgan fingerprint density at radius 3 is 2.52 bits per heavy atom. The normalized spacial score (nSPS) is 18.2. The van der Waals surface area contributed by atoms with Crippen LogP contribution in [-0.2, 0) is 4.79 Å². The highest BCUT2D eigenvalue weighted by molar-refractivity contribution is 6.01. The van der Waals surface area contributed by atoms with Gasteiger partial charge in [-0.15, -0.1) is 5.10 Å². The molecule has 0 spiro atoms. The maximum Gasteiger partial charge on any atom is 0.264 e. The summed E-state index contributed by atoms with van der Waals surface area (Å²) in [6.07, 6.45) is 8.90. The molecule has 33 heavy (non-hydrogen) atoms. The average Bonchev–Trinajstić information content (AvgIpc) is 2.98. The molecule has 3 heterocycles. The van der Waals surface area contributed by atoms with Gasteiger partial charge in [0.05, 0.1) is 5.69 Å². The van der Waals surface area contributed by atoms with Crippen LogP contribution < -0.4 is 4.90 Å². The lowest BCUT2D eigenvalue weighted by atomic mass is 9.95. The van der Waals surface area contributed by atoms with Gasteiger partial charge in [0, 0.05) is 43.6 Å². The molecule has 2 aromatic rings. The quantitative estimate of drug-likeness (QED) is 0.515. The van der Waals surface area contributed by atoms with E-state index >= 15 is 0 Å². The number of carbonyl (C=O) groups excluding carboxylic acids is 1. The topological polar surface area (TPSA) is 78.0 Å². The lowest BCUT2D eigenvalue weighted by Crippen LogP contribution is -2.36. The van der Waals surface area contributed by atoms with Crippen molar-refractivity contribution in [3.05, 3.63) is 46.4 Å². The van der Waals surface area contributed by atoms with Crippen molar-refractivity contribution in [1.29, 1.82) is 5.26 Å². The van der Waals surface area contributed by atoms with Gasteiger partial charge < -0.3 is 14.4 Å². The van der Waals surface area contributed by atoms with E-state index in [1.807, 2.05) is 19.1 Å². The number of nitrogens with zero attached hydrogens (tertiary/aromatic N) is 6. The van der Waals surface area contributed by atoms with Crippen LogP contribution in [0.2, 0.25) is 0 Å². The molecule has 0 unspecified atom stereocenters. The maximum atomic E-state index is 13.3. The van der Waals surface area contributed by atoms with E-state index in [1.165, 1.54) is 37.8 Å². The maximum absolute atomic E-state index is 13.3. The predicted octanol–water partition coefficient (Wildman–Crippen LogP) is 4.35. The zero-order chi connectivity index (χ0) is 23.4. The third kappa shape index (κ3) is 5.11. The first-order chi connectivity index (χ1) is 16.0. The number of hydrogen-bond acceptors (Lipinski definition) is 5. The van der Waals surface area contributed by atoms with E-state index in [0.29, 0.717) is 25.7 Å². The van der Waals surface area contributed by atoms with Crippen LogP contribution in [0.5, 0.6) is 0 Å². The molecule has 4 rings (SSSR count). The molecule has 2 aromatic heterocycles. The minimum Gasteiger partial charge on any atom is -0.353 e. The van der Waals surface area contributed by atoms with E-state index in [9.17, 15) is 10.1 Å². The molecule has 7 heteroatoms. The van der Waals surface area contributed by atoms with Gasteiger partial charge in [-0.05, 0) is 69.9 Å². The molecule has 1 saturated heterocycles. The second-order valence-electron chi connectivity index (χ2n) is 9.32. The first kappa shape index (κ1) is 23.0. The monoisotopic (exact) mass is 446 g/mol. The summed E-state index contributed by atoms with van der Waals surface area (Å²) in [4.78, 5) is 17.2. The van der Waals surface area contributed by atoms with Crippen molar-refractivity contribution in [2.24, 2.45) is 0 Å². The molecule has 0 radical (unpaired) electrons. The van der Waals surface area contributed by atoms with E-state index in [-0.39, 0.29) is 11.5 Å². The first-order valence-corrected chi connectivity index (χ1v) is 12.1. The van der Waals surface area contributed by atoms with Crippen LogP contribution in [0.1, 0.15) is 67.2 Å². The SMILES string of the molecule is Cc1ccc(N2CCCN(C(=O)/C(C#N)=C\c3cc(C)n(C4CCCCC4)c3C)CC2)nn1. The Morgan fingerprint density at radius 1 is 1.03 bits per heavy atom. The summed E-state index contributed by atoms with van der Waals surface area (Å²) in [5.41, 5.74) is 4.44. The van der Waals surface area contributed by atoms with Crippen molar-refractivity contribution < 1.29 is 4.79 Å². The number of rotatable bonds is 4. The Morgan fingerprint density at radius 2 is 1.82 bits per heavy atom. The van der Waals surface area contributed by atoms with E-state index in [1.54, 1.807) is 11.0 Å². The van der Waals surface area contributed by atoms with Crippen molar-refractivity contribution >= 4 is 17.8 Å². The fraction of sp³-hybridized carbons (Fsp3) is 0.538.